The molecular formula is C12H15ClF3IN2O. The van der Waals surface area contributed by atoms with Crippen LogP contribution in [0.15, 0.2) is 18.2 Å². The van der Waals surface area contributed by atoms with Crippen molar-refractivity contribution in [2.75, 3.05) is 6.54 Å². The van der Waals surface area contributed by atoms with E-state index in [-0.39, 0.29) is 24.0 Å². The Hall–Kier alpha value is -0.540. The zero-order chi connectivity index (χ0) is 14.6. The Labute approximate surface area is 135 Å². The lowest BCUT2D eigenvalue weighted by molar-refractivity contribution is -0.137. The van der Waals surface area contributed by atoms with Gasteiger partial charge in [-0.2, -0.15) is 13.2 Å². The molecule has 0 aliphatic rings. The molecule has 114 valence electrons. The molecule has 20 heavy (non-hydrogen) atoms. The van der Waals surface area contributed by atoms with Crippen LogP contribution in [0.1, 0.15) is 29.3 Å². The molecule has 0 bridgehead atoms. The molecule has 0 spiro atoms. The molecule has 0 fully saturated rings. The van der Waals surface area contributed by atoms with E-state index in [9.17, 15) is 18.0 Å². The molecule has 1 amide bonds. The van der Waals surface area contributed by atoms with E-state index in [1.165, 1.54) is 6.07 Å². The zero-order valence-corrected chi connectivity index (χ0v) is 13.6. The Kier molecular flexibility index (Phi) is 7.82. The standard InChI is InChI=1S/C12H14F3IN2O.ClH/c1-7(17)2-3-18-11(19)8-4-9(12(13,14)15)6-10(16)5-8;/h4-7H,2-3,17H2,1H3,(H,18,19);1H. The number of rotatable bonds is 4. The number of alkyl halides is 3. The Balaban J connectivity index is 0.00000361. The van der Waals surface area contributed by atoms with Gasteiger partial charge >= 0.3 is 6.18 Å². The maximum Gasteiger partial charge on any atom is 0.416 e. The SMILES string of the molecule is CC(N)CCNC(=O)c1cc(I)cc(C(F)(F)F)c1.Cl. The van der Waals surface area contributed by atoms with Gasteiger partial charge in [-0.15, -0.1) is 12.4 Å². The Bertz CT molecular complexity index is 467. The van der Waals surface area contributed by atoms with Crippen molar-refractivity contribution < 1.29 is 18.0 Å². The predicted molar refractivity (Wildman–Crippen MR) is 82.0 cm³/mol. The summed E-state index contributed by atoms with van der Waals surface area (Å²) in [6.45, 7) is 2.13. The summed E-state index contributed by atoms with van der Waals surface area (Å²) in [5.74, 6) is -0.523. The van der Waals surface area contributed by atoms with Gasteiger partial charge in [-0.1, -0.05) is 0 Å². The fourth-order valence-electron chi connectivity index (χ4n) is 1.40. The molecule has 0 saturated heterocycles. The van der Waals surface area contributed by atoms with Crippen molar-refractivity contribution in [3.63, 3.8) is 0 Å². The largest absolute Gasteiger partial charge is 0.416 e. The molecule has 1 unspecified atom stereocenters. The van der Waals surface area contributed by atoms with Crippen molar-refractivity contribution in [2.24, 2.45) is 5.73 Å². The van der Waals surface area contributed by atoms with Crippen molar-refractivity contribution in [1.82, 2.24) is 5.32 Å². The minimum absolute atomic E-state index is 0. The summed E-state index contributed by atoms with van der Waals surface area (Å²) in [5, 5.41) is 2.55. The average Bonchev–Trinajstić information content (AvgIpc) is 2.26. The number of amides is 1. The second-order valence-corrected chi connectivity index (χ2v) is 5.49. The topological polar surface area (TPSA) is 55.1 Å². The summed E-state index contributed by atoms with van der Waals surface area (Å²) in [6.07, 6.45) is -3.89. The molecule has 3 nitrogen and oxygen atoms in total. The first kappa shape index (κ1) is 19.5. The van der Waals surface area contributed by atoms with Crippen molar-refractivity contribution >= 4 is 40.9 Å². The quantitative estimate of drug-likeness (QED) is 0.732. The second kappa shape index (κ2) is 8.04. The number of nitrogens with two attached hydrogens (primary N) is 1. The lowest BCUT2D eigenvalue weighted by Gasteiger charge is -2.11. The van der Waals surface area contributed by atoms with Gasteiger partial charge in [-0.25, -0.2) is 0 Å². The molecule has 0 aliphatic carbocycles. The van der Waals surface area contributed by atoms with Gasteiger partial charge in [-0.05, 0) is 54.1 Å². The second-order valence-electron chi connectivity index (χ2n) is 4.25. The molecule has 0 saturated carbocycles. The Morgan fingerprint density at radius 1 is 1.40 bits per heavy atom. The van der Waals surface area contributed by atoms with E-state index in [0.29, 0.717) is 16.5 Å². The number of hydrogen-bond donors (Lipinski definition) is 2. The molecule has 1 rings (SSSR count). The van der Waals surface area contributed by atoms with Gasteiger partial charge in [0, 0.05) is 21.7 Å². The summed E-state index contributed by atoms with van der Waals surface area (Å²) in [4.78, 5) is 11.7. The van der Waals surface area contributed by atoms with E-state index < -0.39 is 17.6 Å². The molecule has 0 radical (unpaired) electrons. The lowest BCUT2D eigenvalue weighted by atomic mass is 10.1. The van der Waals surface area contributed by atoms with Crippen LogP contribution in [-0.2, 0) is 6.18 Å². The highest BCUT2D eigenvalue weighted by atomic mass is 127. The fourth-order valence-corrected chi connectivity index (χ4v) is 2.07. The highest BCUT2D eigenvalue weighted by molar-refractivity contribution is 14.1. The number of halogens is 5. The maximum atomic E-state index is 12.6. The molecule has 1 atom stereocenters. The first-order valence-electron chi connectivity index (χ1n) is 5.61. The molecule has 0 aromatic heterocycles. The number of carbonyl (C=O) groups excluding carboxylic acids is 1. The van der Waals surface area contributed by atoms with Gasteiger partial charge in [0.05, 0.1) is 5.56 Å². The maximum absolute atomic E-state index is 12.6. The van der Waals surface area contributed by atoms with Gasteiger partial charge in [-0.3, -0.25) is 4.79 Å². The van der Waals surface area contributed by atoms with Gasteiger partial charge in [0.15, 0.2) is 0 Å². The van der Waals surface area contributed by atoms with E-state index in [0.717, 1.165) is 12.1 Å². The van der Waals surface area contributed by atoms with E-state index in [1.807, 2.05) is 0 Å². The van der Waals surface area contributed by atoms with Crippen LogP contribution in [0.3, 0.4) is 0 Å². The molecule has 1 aromatic carbocycles. The van der Waals surface area contributed by atoms with Gasteiger partial charge < -0.3 is 11.1 Å². The van der Waals surface area contributed by atoms with Gasteiger partial charge in [0.1, 0.15) is 0 Å². The molecule has 8 heteroatoms. The summed E-state index contributed by atoms with van der Waals surface area (Å²) >= 11 is 1.75. The van der Waals surface area contributed by atoms with E-state index >= 15 is 0 Å². The summed E-state index contributed by atoms with van der Waals surface area (Å²) in [6, 6.07) is 3.20. The normalized spacial score (nSPS) is 12.5. The summed E-state index contributed by atoms with van der Waals surface area (Å²) in [7, 11) is 0. The highest BCUT2D eigenvalue weighted by Crippen LogP contribution is 2.31. The smallest absolute Gasteiger partial charge is 0.352 e. The number of hydrogen-bond acceptors (Lipinski definition) is 2. The van der Waals surface area contributed by atoms with Crippen molar-refractivity contribution in [1.29, 1.82) is 0 Å². The van der Waals surface area contributed by atoms with Crippen molar-refractivity contribution in [2.45, 2.75) is 25.6 Å². The van der Waals surface area contributed by atoms with E-state index in [4.69, 9.17) is 5.73 Å². The van der Waals surface area contributed by atoms with Crippen molar-refractivity contribution in [3.8, 4) is 0 Å². The third-order valence-corrected chi connectivity index (χ3v) is 3.00. The Morgan fingerprint density at radius 2 is 2.00 bits per heavy atom. The molecule has 3 N–H and O–H groups in total. The first-order valence-corrected chi connectivity index (χ1v) is 6.69. The minimum atomic E-state index is -4.46. The number of carbonyl (C=O) groups is 1. The van der Waals surface area contributed by atoms with Gasteiger partial charge in [0.25, 0.3) is 5.91 Å². The van der Waals surface area contributed by atoms with E-state index in [2.05, 4.69) is 5.32 Å². The molecular weight excluding hydrogens is 407 g/mol. The van der Waals surface area contributed by atoms with E-state index in [1.54, 1.807) is 29.5 Å². The van der Waals surface area contributed by atoms with Crippen LogP contribution in [-0.4, -0.2) is 18.5 Å². The fraction of sp³-hybridized carbons (Fsp3) is 0.417. The van der Waals surface area contributed by atoms with Crippen LogP contribution in [0.4, 0.5) is 13.2 Å². The molecule has 1 aromatic rings. The average molecular weight is 423 g/mol. The van der Waals surface area contributed by atoms with Crippen molar-refractivity contribution in [3.05, 3.63) is 32.9 Å². The third-order valence-electron chi connectivity index (χ3n) is 2.37. The minimum Gasteiger partial charge on any atom is -0.352 e. The molecule has 0 heterocycles. The van der Waals surface area contributed by atoms with Crippen LogP contribution < -0.4 is 11.1 Å². The van der Waals surface area contributed by atoms with Gasteiger partial charge in [0.2, 0.25) is 0 Å². The zero-order valence-electron chi connectivity index (χ0n) is 10.6. The van der Waals surface area contributed by atoms with Crippen LogP contribution in [0.25, 0.3) is 0 Å². The highest BCUT2D eigenvalue weighted by Gasteiger charge is 2.31. The number of benzene rings is 1. The summed E-state index contributed by atoms with van der Waals surface area (Å²) in [5.41, 5.74) is 4.70. The lowest BCUT2D eigenvalue weighted by Crippen LogP contribution is -2.29. The van der Waals surface area contributed by atoms with Crippen LogP contribution in [0, 0.1) is 3.57 Å². The molecule has 0 aliphatic heterocycles. The predicted octanol–water partition coefficient (Wildman–Crippen LogP) is 3.20. The third kappa shape index (κ3) is 6.27. The monoisotopic (exact) mass is 422 g/mol. The van der Waals surface area contributed by atoms with Crippen LogP contribution in [0.2, 0.25) is 0 Å². The first-order chi connectivity index (χ1) is 8.70. The van der Waals surface area contributed by atoms with Crippen LogP contribution in [0.5, 0.6) is 0 Å². The summed E-state index contributed by atoms with van der Waals surface area (Å²) < 4.78 is 38.2. The number of nitrogens with one attached hydrogen (secondary N) is 1. The Morgan fingerprint density at radius 3 is 2.50 bits per heavy atom. The van der Waals surface area contributed by atoms with Crippen LogP contribution >= 0.6 is 35.0 Å².